The Bertz CT molecular complexity index is 473. The lowest BCUT2D eigenvalue weighted by molar-refractivity contribution is -0.143. The minimum absolute atomic E-state index is 0.129. The Hall–Kier alpha value is -2.04. The highest BCUT2D eigenvalue weighted by Gasteiger charge is 2.25. The molecule has 0 unspecified atom stereocenters. The van der Waals surface area contributed by atoms with Gasteiger partial charge in [0.1, 0.15) is 11.8 Å². The van der Waals surface area contributed by atoms with Crippen molar-refractivity contribution in [1.82, 2.24) is 5.32 Å². The standard InChI is InChI=1S/C15H21NO4/c1-4-11(3)14(15(18)19)16-13(17)9-20-12-7-5-6-10(2)8-12/h5-8,11,14H,4,9H2,1-3H3,(H,16,17)(H,18,19)/t11-,14-/m0/s1. The first-order valence-corrected chi connectivity index (χ1v) is 6.65. The number of carboxylic acids is 1. The summed E-state index contributed by atoms with van der Waals surface area (Å²) >= 11 is 0. The van der Waals surface area contributed by atoms with Crippen LogP contribution in [0.2, 0.25) is 0 Å². The summed E-state index contributed by atoms with van der Waals surface area (Å²) in [6.07, 6.45) is 0.677. The van der Waals surface area contributed by atoms with Crippen LogP contribution in [0, 0.1) is 12.8 Å². The third kappa shape index (κ3) is 4.91. The zero-order chi connectivity index (χ0) is 15.1. The lowest BCUT2D eigenvalue weighted by atomic mass is 9.99. The summed E-state index contributed by atoms with van der Waals surface area (Å²) in [5, 5.41) is 11.6. The monoisotopic (exact) mass is 279 g/mol. The molecule has 0 radical (unpaired) electrons. The number of hydrogen-bond donors (Lipinski definition) is 2. The third-order valence-corrected chi connectivity index (χ3v) is 3.15. The van der Waals surface area contributed by atoms with Crippen LogP contribution < -0.4 is 10.1 Å². The summed E-state index contributed by atoms with van der Waals surface area (Å²) in [5.74, 6) is -0.992. The number of ether oxygens (including phenoxy) is 1. The molecule has 5 nitrogen and oxygen atoms in total. The largest absolute Gasteiger partial charge is 0.484 e. The van der Waals surface area contributed by atoms with Crippen LogP contribution in [0.15, 0.2) is 24.3 Å². The first kappa shape index (κ1) is 16.0. The molecule has 0 spiro atoms. The molecule has 0 aliphatic rings. The van der Waals surface area contributed by atoms with E-state index < -0.39 is 17.9 Å². The number of aliphatic carboxylic acids is 1. The summed E-state index contributed by atoms with van der Waals surface area (Å²) in [7, 11) is 0. The lowest BCUT2D eigenvalue weighted by Crippen LogP contribution is -2.46. The van der Waals surface area contributed by atoms with Gasteiger partial charge in [-0.25, -0.2) is 4.79 Å². The molecule has 2 N–H and O–H groups in total. The number of hydrogen-bond acceptors (Lipinski definition) is 3. The Morgan fingerprint density at radius 3 is 2.65 bits per heavy atom. The predicted molar refractivity (Wildman–Crippen MR) is 75.7 cm³/mol. The molecule has 0 aromatic heterocycles. The van der Waals surface area contributed by atoms with Crippen molar-refractivity contribution in [2.45, 2.75) is 33.2 Å². The average Bonchev–Trinajstić information content (AvgIpc) is 2.41. The molecule has 5 heteroatoms. The van der Waals surface area contributed by atoms with Crippen LogP contribution in [0.4, 0.5) is 0 Å². The van der Waals surface area contributed by atoms with E-state index in [4.69, 9.17) is 9.84 Å². The van der Waals surface area contributed by atoms with Crippen molar-refractivity contribution in [3.63, 3.8) is 0 Å². The zero-order valence-electron chi connectivity index (χ0n) is 12.1. The van der Waals surface area contributed by atoms with Crippen LogP contribution in [-0.2, 0) is 9.59 Å². The first-order chi connectivity index (χ1) is 9.43. The molecular weight excluding hydrogens is 258 g/mol. The second kappa shape index (κ2) is 7.53. The fraction of sp³-hybridized carbons (Fsp3) is 0.467. The number of carboxylic acid groups (broad SMARTS) is 1. The molecule has 0 aliphatic heterocycles. The van der Waals surface area contributed by atoms with Crippen molar-refractivity contribution in [2.24, 2.45) is 5.92 Å². The molecule has 0 aliphatic carbocycles. The van der Waals surface area contributed by atoms with E-state index in [9.17, 15) is 9.59 Å². The van der Waals surface area contributed by atoms with Gasteiger partial charge >= 0.3 is 5.97 Å². The fourth-order valence-corrected chi connectivity index (χ4v) is 1.75. The van der Waals surface area contributed by atoms with Crippen LogP contribution in [0.5, 0.6) is 5.75 Å². The van der Waals surface area contributed by atoms with Crippen LogP contribution in [0.25, 0.3) is 0 Å². The topological polar surface area (TPSA) is 75.6 Å². The smallest absolute Gasteiger partial charge is 0.326 e. The third-order valence-electron chi connectivity index (χ3n) is 3.15. The Morgan fingerprint density at radius 2 is 2.10 bits per heavy atom. The van der Waals surface area contributed by atoms with Gasteiger partial charge in [0.25, 0.3) is 5.91 Å². The quantitative estimate of drug-likeness (QED) is 0.800. The van der Waals surface area contributed by atoms with Crippen molar-refractivity contribution in [3.8, 4) is 5.75 Å². The van der Waals surface area contributed by atoms with E-state index in [1.54, 1.807) is 13.0 Å². The Kier molecular flexibility index (Phi) is 6.03. The molecular formula is C15H21NO4. The number of benzene rings is 1. The first-order valence-electron chi connectivity index (χ1n) is 6.65. The van der Waals surface area contributed by atoms with Crippen molar-refractivity contribution in [2.75, 3.05) is 6.61 Å². The van der Waals surface area contributed by atoms with Crippen LogP contribution >= 0.6 is 0 Å². The lowest BCUT2D eigenvalue weighted by Gasteiger charge is -2.20. The summed E-state index contributed by atoms with van der Waals surface area (Å²) in [4.78, 5) is 22.8. The van der Waals surface area contributed by atoms with Gasteiger partial charge in [0.2, 0.25) is 0 Å². The van der Waals surface area contributed by atoms with Crippen molar-refractivity contribution < 1.29 is 19.4 Å². The normalized spacial score (nSPS) is 13.3. The predicted octanol–water partition coefficient (Wildman–Crippen LogP) is 1.99. The molecule has 2 atom stereocenters. The second-order valence-electron chi connectivity index (χ2n) is 4.87. The molecule has 0 bridgehead atoms. The molecule has 1 aromatic rings. The number of nitrogens with one attached hydrogen (secondary N) is 1. The molecule has 0 saturated carbocycles. The van der Waals surface area contributed by atoms with E-state index in [1.807, 2.05) is 32.0 Å². The molecule has 20 heavy (non-hydrogen) atoms. The maximum atomic E-state index is 11.7. The van der Waals surface area contributed by atoms with Crippen molar-refractivity contribution in [1.29, 1.82) is 0 Å². The number of carbonyl (C=O) groups is 2. The van der Waals surface area contributed by atoms with Crippen LogP contribution in [-0.4, -0.2) is 29.6 Å². The van der Waals surface area contributed by atoms with Gasteiger partial charge < -0.3 is 15.2 Å². The fourth-order valence-electron chi connectivity index (χ4n) is 1.75. The van der Waals surface area contributed by atoms with E-state index in [0.717, 1.165) is 5.56 Å². The molecule has 0 fully saturated rings. The molecule has 1 aromatic carbocycles. The second-order valence-corrected chi connectivity index (χ2v) is 4.87. The highest BCUT2D eigenvalue weighted by molar-refractivity contribution is 5.84. The summed E-state index contributed by atoms with van der Waals surface area (Å²) in [5.41, 5.74) is 1.03. The van der Waals surface area contributed by atoms with Crippen molar-refractivity contribution >= 4 is 11.9 Å². The minimum Gasteiger partial charge on any atom is -0.484 e. The molecule has 0 heterocycles. The highest BCUT2D eigenvalue weighted by Crippen LogP contribution is 2.12. The van der Waals surface area contributed by atoms with Gasteiger partial charge in [-0.1, -0.05) is 32.4 Å². The average molecular weight is 279 g/mol. The number of carbonyl (C=O) groups excluding carboxylic acids is 1. The van der Waals surface area contributed by atoms with Gasteiger partial charge in [-0.3, -0.25) is 4.79 Å². The van der Waals surface area contributed by atoms with Gasteiger partial charge in [0, 0.05) is 0 Å². The summed E-state index contributed by atoms with van der Waals surface area (Å²) < 4.78 is 5.34. The van der Waals surface area contributed by atoms with Gasteiger partial charge in [-0.15, -0.1) is 0 Å². The SMILES string of the molecule is CC[C@H](C)[C@H](NC(=O)COc1cccc(C)c1)C(=O)O. The maximum absolute atomic E-state index is 11.7. The van der Waals surface area contributed by atoms with E-state index in [0.29, 0.717) is 12.2 Å². The van der Waals surface area contributed by atoms with E-state index in [2.05, 4.69) is 5.32 Å². The summed E-state index contributed by atoms with van der Waals surface area (Å²) in [6, 6.07) is 6.45. The van der Waals surface area contributed by atoms with Gasteiger partial charge in [0.15, 0.2) is 6.61 Å². The number of amides is 1. The molecule has 1 amide bonds. The van der Waals surface area contributed by atoms with E-state index >= 15 is 0 Å². The van der Waals surface area contributed by atoms with Crippen LogP contribution in [0.1, 0.15) is 25.8 Å². The van der Waals surface area contributed by atoms with Gasteiger partial charge in [-0.2, -0.15) is 0 Å². The summed E-state index contributed by atoms with van der Waals surface area (Å²) in [6.45, 7) is 5.41. The van der Waals surface area contributed by atoms with Crippen molar-refractivity contribution in [3.05, 3.63) is 29.8 Å². The van der Waals surface area contributed by atoms with Gasteiger partial charge in [-0.05, 0) is 30.5 Å². The Morgan fingerprint density at radius 1 is 1.40 bits per heavy atom. The molecule has 0 saturated heterocycles. The minimum atomic E-state index is -1.02. The maximum Gasteiger partial charge on any atom is 0.326 e. The van der Waals surface area contributed by atoms with Gasteiger partial charge in [0.05, 0.1) is 0 Å². The number of rotatable bonds is 7. The van der Waals surface area contributed by atoms with E-state index in [1.165, 1.54) is 0 Å². The van der Waals surface area contributed by atoms with E-state index in [-0.39, 0.29) is 12.5 Å². The van der Waals surface area contributed by atoms with Crippen LogP contribution in [0.3, 0.4) is 0 Å². The molecule has 110 valence electrons. The Balaban J connectivity index is 2.52. The zero-order valence-corrected chi connectivity index (χ0v) is 12.1. The molecule has 1 rings (SSSR count). The highest BCUT2D eigenvalue weighted by atomic mass is 16.5. The Labute approximate surface area is 118 Å². The number of aryl methyl sites for hydroxylation is 1.